The highest BCUT2D eigenvalue weighted by molar-refractivity contribution is 5.92. The van der Waals surface area contributed by atoms with Gasteiger partial charge in [0.2, 0.25) is 5.91 Å². The Balaban J connectivity index is 1.86. The van der Waals surface area contributed by atoms with Crippen molar-refractivity contribution in [2.45, 2.75) is 6.92 Å². The van der Waals surface area contributed by atoms with Gasteiger partial charge in [0.05, 0.1) is 33.4 Å². The Hall–Kier alpha value is -1.96. The van der Waals surface area contributed by atoms with Gasteiger partial charge >= 0.3 is 5.97 Å². The topological polar surface area (TPSA) is 71.1 Å². The first-order valence-corrected chi connectivity index (χ1v) is 8.52. The number of morpholine rings is 1. The van der Waals surface area contributed by atoms with E-state index in [2.05, 4.69) is 10.2 Å². The first kappa shape index (κ1) is 19.4. The minimum atomic E-state index is -0.342. The second-order valence-electron chi connectivity index (χ2n) is 6.16. The molecular formula is C18H27N3O4. The van der Waals surface area contributed by atoms with Gasteiger partial charge in [-0.3, -0.25) is 19.4 Å². The predicted molar refractivity (Wildman–Crippen MR) is 95.5 cm³/mol. The van der Waals surface area contributed by atoms with E-state index in [-0.39, 0.29) is 25.0 Å². The second-order valence-corrected chi connectivity index (χ2v) is 6.16. The molecule has 1 N–H and O–H groups in total. The van der Waals surface area contributed by atoms with Gasteiger partial charge in [-0.1, -0.05) is 17.7 Å². The van der Waals surface area contributed by atoms with E-state index >= 15 is 0 Å². The Morgan fingerprint density at radius 1 is 1.20 bits per heavy atom. The molecule has 0 saturated carbocycles. The molecule has 0 radical (unpaired) electrons. The highest BCUT2D eigenvalue weighted by Gasteiger charge is 2.17. The highest BCUT2D eigenvalue weighted by atomic mass is 16.5. The van der Waals surface area contributed by atoms with Crippen molar-refractivity contribution in [3.8, 4) is 0 Å². The number of methoxy groups -OCH3 is 1. The van der Waals surface area contributed by atoms with Crippen LogP contribution >= 0.6 is 0 Å². The van der Waals surface area contributed by atoms with E-state index in [1.807, 2.05) is 36.1 Å². The second kappa shape index (κ2) is 10.1. The molecule has 1 fully saturated rings. The van der Waals surface area contributed by atoms with Crippen LogP contribution in [-0.2, 0) is 19.1 Å². The zero-order valence-corrected chi connectivity index (χ0v) is 15.0. The molecule has 1 saturated heterocycles. The number of aryl methyl sites for hydroxylation is 1. The number of rotatable bonds is 8. The van der Waals surface area contributed by atoms with E-state index in [0.717, 1.165) is 44.1 Å². The first-order chi connectivity index (χ1) is 12.1. The van der Waals surface area contributed by atoms with Crippen LogP contribution in [0.1, 0.15) is 5.56 Å². The van der Waals surface area contributed by atoms with Gasteiger partial charge in [-0.2, -0.15) is 0 Å². The van der Waals surface area contributed by atoms with Crippen LogP contribution in [-0.4, -0.2) is 81.3 Å². The minimum absolute atomic E-state index is 0.0994. The van der Waals surface area contributed by atoms with Crippen molar-refractivity contribution < 1.29 is 19.1 Å². The number of hydrogen-bond acceptors (Lipinski definition) is 6. The molecule has 1 aliphatic heterocycles. The van der Waals surface area contributed by atoms with Crippen molar-refractivity contribution in [1.82, 2.24) is 9.80 Å². The fraction of sp³-hybridized carbons (Fsp3) is 0.556. The van der Waals surface area contributed by atoms with E-state index in [4.69, 9.17) is 9.47 Å². The summed E-state index contributed by atoms with van der Waals surface area (Å²) in [6.07, 6.45) is 0. The molecular weight excluding hydrogens is 322 g/mol. The van der Waals surface area contributed by atoms with Crippen LogP contribution in [0.15, 0.2) is 24.3 Å². The summed E-state index contributed by atoms with van der Waals surface area (Å²) in [7, 11) is 1.36. The lowest BCUT2D eigenvalue weighted by Gasteiger charge is -2.29. The molecule has 1 aliphatic rings. The molecule has 1 aromatic rings. The summed E-state index contributed by atoms with van der Waals surface area (Å²) in [5.74, 6) is -0.486. The van der Waals surface area contributed by atoms with Crippen LogP contribution in [0.5, 0.6) is 0 Å². The summed E-state index contributed by atoms with van der Waals surface area (Å²) in [4.78, 5) is 28.0. The largest absolute Gasteiger partial charge is 0.468 e. The van der Waals surface area contributed by atoms with Crippen molar-refractivity contribution in [2.75, 3.05) is 64.9 Å². The number of hydrogen-bond donors (Lipinski definition) is 1. The zero-order valence-electron chi connectivity index (χ0n) is 15.0. The number of carbonyl (C=O) groups excluding carboxylic acids is 2. The normalized spacial score (nSPS) is 15.2. The summed E-state index contributed by atoms with van der Waals surface area (Å²) < 4.78 is 10.1. The quantitative estimate of drug-likeness (QED) is 0.698. The summed E-state index contributed by atoms with van der Waals surface area (Å²) >= 11 is 0. The van der Waals surface area contributed by atoms with Gasteiger partial charge in [-0.15, -0.1) is 0 Å². The smallest absolute Gasteiger partial charge is 0.319 e. The molecule has 0 aliphatic carbocycles. The van der Waals surface area contributed by atoms with Gasteiger partial charge in [-0.25, -0.2) is 0 Å². The Morgan fingerprint density at radius 2 is 1.88 bits per heavy atom. The van der Waals surface area contributed by atoms with Crippen molar-refractivity contribution >= 4 is 17.6 Å². The van der Waals surface area contributed by atoms with Crippen molar-refractivity contribution in [3.63, 3.8) is 0 Å². The SMILES string of the molecule is COC(=O)CN(CCN1CCOCC1)CC(=O)Nc1ccc(C)cc1. The van der Waals surface area contributed by atoms with Crippen LogP contribution in [0, 0.1) is 6.92 Å². The summed E-state index contributed by atoms with van der Waals surface area (Å²) in [5.41, 5.74) is 1.89. The van der Waals surface area contributed by atoms with Crippen molar-refractivity contribution in [1.29, 1.82) is 0 Å². The third-order valence-corrected chi connectivity index (χ3v) is 4.12. The number of esters is 1. The van der Waals surface area contributed by atoms with Crippen molar-refractivity contribution in [2.24, 2.45) is 0 Å². The third-order valence-electron chi connectivity index (χ3n) is 4.12. The molecule has 1 aromatic carbocycles. The number of amides is 1. The lowest BCUT2D eigenvalue weighted by atomic mass is 10.2. The Labute approximate surface area is 148 Å². The molecule has 2 rings (SSSR count). The molecule has 1 heterocycles. The third kappa shape index (κ3) is 7.21. The maximum absolute atomic E-state index is 12.3. The van der Waals surface area contributed by atoms with E-state index in [9.17, 15) is 9.59 Å². The van der Waals surface area contributed by atoms with Gasteiger partial charge < -0.3 is 14.8 Å². The molecule has 7 heteroatoms. The van der Waals surface area contributed by atoms with Gasteiger partial charge in [0.15, 0.2) is 0 Å². The molecule has 0 spiro atoms. The number of nitrogens with one attached hydrogen (secondary N) is 1. The summed E-state index contributed by atoms with van der Waals surface area (Å²) in [6, 6.07) is 7.62. The fourth-order valence-electron chi connectivity index (χ4n) is 2.61. The summed E-state index contributed by atoms with van der Waals surface area (Å²) in [6.45, 7) is 6.86. The molecule has 138 valence electrons. The van der Waals surface area contributed by atoms with E-state index in [0.29, 0.717) is 6.54 Å². The summed E-state index contributed by atoms with van der Waals surface area (Å²) in [5, 5.41) is 2.86. The first-order valence-electron chi connectivity index (χ1n) is 8.52. The van der Waals surface area contributed by atoms with Gasteiger partial charge in [-0.05, 0) is 19.1 Å². The zero-order chi connectivity index (χ0) is 18.1. The Bertz CT molecular complexity index is 556. The van der Waals surface area contributed by atoms with Gasteiger partial charge in [0.1, 0.15) is 0 Å². The molecule has 1 amide bonds. The van der Waals surface area contributed by atoms with Crippen LogP contribution in [0.2, 0.25) is 0 Å². The monoisotopic (exact) mass is 349 g/mol. The number of anilines is 1. The van der Waals surface area contributed by atoms with E-state index < -0.39 is 0 Å². The minimum Gasteiger partial charge on any atom is -0.468 e. The average molecular weight is 349 g/mol. The van der Waals surface area contributed by atoms with Gasteiger partial charge in [0.25, 0.3) is 0 Å². The molecule has 0 atom stereocenters. The van der Waals surface area contributed by atoms with Gasteiger partial charge in [0, 0.05) is 31.9 Å². The van der Waals surface area contributed by atoms with E-state index in [1.54, 1.807) is 0 Å². The Morgan fingerprint density at radius 3 is 2.52 bits per heavy atom. The molecule has 7 nitrogen and oxygen atoms in total. The van der Waals surface area contributed by atoms with Crippen LogP contribution in [0.4, 0.5) is 5.69 Å². The molecule has 0 bridgehead atoms. The number of nitrogens with zero attached hydrogens (tertiary/aromatic N) is 2. The van der Waals surface area contributed by atoms with Crippen LogP contribution < -0.4 is 5.32 Å². The van der Waals surface area contributed by atoms with Crippen molar-refractivity contribution in [3.05, 3.63) is 29.8 Å². The molecule has 0 aromatic heterocycles. The predicted octanol–water partition coefficient (Wildman–Crippen LogP) is 0.741. The van der Waals surface area contributed by atoms with Crippen LogP contribution in [0.3, 0.4) is 0 Å². The lowest BCUT2D eigenvalue weighted by molar-refractivity contribution is -0.142. The number of carbonyl (C=O) groups is 2. The molecule has 0 unspecified atom stereocenters. The van der Waals surface area contributed by atoms with E-state index in [1.165, 1.54) is 7.11 Å². The fourth-order valence-corrected chi connectivity index (χ4v) is 2.61. The maximum Gasteiger partial charge on any atom is 0.319 e. The van der Waals surface area contributed by atoms with Crippen LogP contribution in [0.25, 0.3) is 0 Å². The Kier molecular flexibility index (Phi) is 7.84. The standard InChI is InChI=1S/C18H27N3O4/c1-15-3-5-16(6-4-15)19-17(22)13-21(14-18(23)24-2)8-7-20-9-11-25-12-10-20/h3-6H,7-14H2,1-2H3,(H,19,22). The molecule has 25 heavy (non-hydrogen) atoms. The number of ether oxygens (including phenoxy) is 2. The maximum atomic E-state index is 12.3. The number of benzene rings is 1. The average Bonchev–Trinajstić information content (AvgIpc) is 2.62. The highest BCUT2D eigenvalue weighted by Crippen LogP contribution is 2.08. The lowest BCUT2D eigenvalue weighted by Crippen LogP contribution is -2.44.